The molecule has 21 heavy (non-hydrogen) atoms. The van der Waals surface area contributed by atoms with Gasteiger partial charge in [0.1, 0.15) is 6.54 Å². The van der Waals surface area contributed by atoms with Crippen LogP contribution in [0.4, 0.5) is 4.79 Å². The van der Waals surface area contributed by atoms with Crippen molar-refractivity contribution in [1.29, 1.82) is 0 Å². The van der Waals surface area contributed by atoms with Crippen molar-refractivity contribution >= 4 is 28.9 Å². The normalized spacial score (nSPS) is 25.8. The zero-order chi connectivity index (χ0) is 15.2. The summed E-state index contributed by atoms with van der Waals surface area (Å²) in [6.45, 7) is 2.35. The number of hydrogen-bond donors (Lipinski definition) is 1. The second-order valence-corrected chi connectivity index (χ2v) is 6.68. The molecule has 0 aromatic carbocycles. The van der Waals surface area contributed by atoms with E-state index in [0.29, 0.717) is 18.2 Å². The Balaban J connectivity index is 1.66. The largest absolute Gasteiger partial charge is 0.454 e. The van der Waals surface area contributed by atoms with E-state index < -0.39 is 5.97 Å². The smallest absolute Gasteiger partial charge is 0.326 e. The number of nitrogens with zero attached hydrogens (tertiary/aromatic N) is 1. The summed E-state index contributed by atoms with van der Waals surface area (Å²) >= 11 is 1.20. The summed E-state index contributed by atoms with van der Waals surface area (Å²) in [6.07, 6.45) is 4.45. The monoisotopic (exact) mass is 314 g/mol. The molecule has 2 amide bonds. The van der Waals surface area contributed by atoms with Gasteiger partial charge in [-0.2, -0.15) is 0 Å². The highest BCUT2D eigenvalue weighted by molar-refractivity contribution is 8.13. The number of carbonyl (C=O) groups excluding carboxylic acids is 3. The summed E-state index contributed by atoms with van der Waals surface area (Å²) < 4.78 is 4.94. The Morgan fingerprint density at radius 1 is 1.38 bits per heavy atom. The molecule has 0 radical (unpaired) electrons. The van der Waals surface area contributed by atoms with Crippen molar-refractivity contribution in [3.8, 4) is 0 Å². The van der Waals surface area contributed by atoms with Gasteiger partial charge in [-0.3, -0.25) is 14.4 Å². The van der Waals surface area contributed by atoms with E-state index in [4.69, 9.17) is 4.74 Å². The molecule has 1 aliphatic heterocycles. The summed E-state index contributed by atoms with van der Waals surface area (Å²) in [5, 5.41) is 2.82. The molecule has 118 valence electrons. The maximum atomic E-state index is 11.8. The standard InChI is InChI=1S/C14H22N2O4S/c1-10-4-2-3-5-11(10)15-12(17)9-20-13(18)8-16-6-7-21-14(16)19/h10-11H,2-9H2,1H3,(H,15,17)/t10-,11-/m0/s1. The lowest BCUT2D eigenvalue weighted by atomic mass is 9.86. The van der Waals surface area contributed by atoms with Crippen molar-refractivity contribution in [2.24, 2.45) is 5.92 Å². The minimum Gasteiger partial charge on any atom is -0.454 e. The van der Waals surface area contributed by atoms with Crippen molar-refractivity contribution in [2.45, 2.75) is 38.6 Å². The molecule has 0 bridgehead atoms. The van der Waals surface area contributed by atoms with Crippen LogP contribution in [0.3, 0.4) is 0 Å². The van der Waals surface area contributed by atoms with Gasteiger partial charge in [0.15, 0.2) is 6.61 Å². The van der Waals surface area contributed by atoms with E-state index in [1.807, 2.05) is 0 Å². The Kier molecular flexibility index (Phi) is 5.90. The van der Waals surface area contributed by atoms with Gasteiger partial charge in [-0.1, -0.05) is 31.5 Å². The van der Waals surface area contributed by atoms with Crippen LogP contribution in [0.2, 0.25) is 0 Å². The summed E-state index contributed by atoms with van der Waals surface area (Å²) in [5.74, 6) is 0.381. The first-order chi connectivity index (χ1) is 10.1. The molecule has 2 rings (SSSR count). The van der Waals surface area contributed by atoms with Crippen LogP contribution in [0.5, 0.6) is 0 Å². The van der Waals surface area contributed by atoms with Gasteiger partial charge in [-0.15, -0.1) is 0 Å². The Labute approximate surface area is 129 Å². The number of esters is 1. The lowest BCUT2D eigenvalue weighted by Crippen LogP contribution is -2.43. The van der Waals surface area contributed by atoms with Crippen LogP contribution < -0.4 is 5.32 Å². The fourth-order valence-corrected chi connectivity index (χ4v) is 3.52. The summed E-state index contributed by atoms with van der Waals surface area (Å²) in [6, 6.07) is 0.182. The van der Waals surface area contributed by atoms with Crippen LogP contribution in [0.1, 0.15) is 32.6 Å². The molecule has 0 unspecified atom stereocenters. The van der Waals surface area contributed by atoms with Gasteiger partial charge in [-0.25, -0.2) is 0 Å². The van der Waals surface area contributed by atoms with Crippen LogP contribution in [0.15, 0.2) is 0 Å². The minimum atomic E-state index is -0.530. The number of nitrogens with one attached hydrogen (secondary N) is 1. The average molecular weight is 314 g/mol. The van der Waals surface area contributed by atoms with Crippen LogP contribution in [0, 0.1) is 5.92 Å². The first-order valence-corrected chi connectivity index (χ1v) is 8.41. The zero-order valence-corrected chi connectivity index (χ0v) is 13.1. The predicted octanol–water partition coefficient (Wildman–Crippen LogP) is 1.39. The van der Waals surface area contributed by atoms with Crippen LogP contribution >= 0.6 is 11.8 Å². The van der Waals surface area contributed by atoms with Crippen LogP contribution in [-0.2, 0) is 14.3 Å². The van der Waals surface area contributed by atoms with Gasteiger partial charge in [0.05, 0.1) is 0 Å². The number of carbonyl (C=O) groups is 3. The summed E-state index contributed by atoms with van der Waals surface area (Å²) in [5.41, 5.74) is 0. The van der Waals surface area contributed by atoms with E-state index >= 15 is 0 Å². The van der Waals surface area contributed by atoms with E-state index in [2.05, 4.69) is 12.2 Å². The van der Waals surface area contributed by atoms with Crippen molar-refractivity contribution in [3.05, 3.63) is 0 Å². The van der Waals surface area contributed by atoms with E-state index in [9.17, 15) is 14.4 Å². The molecule has 0 aromatic rings. The molecule has 2 fully saturated rings. The van der Waals surface area contributed by atoms with Gasteiger partial charge in [0.2, 0.25) is 0 Å². The lowest BCUT2D eigenvalue weighted by molar-refractivity contribution is -0.149. The SMILES string of the molecule is C[C@H]1CCCC[C@@H]1NC(=O)COC(=O)CN1CCSC1=O. The highest BCUT2D eigenvalue weighted by atomic mass is 32.2. The first-order valence-electron chi connectivity index (χ1n) is 7.43. The lowest BCUT2D eigenvalue weighted by Gasteiger charge is -2.29. The summed E-state index contributed by atoms with van der Waals surface area (Å²) in [7, 11) is 0. The minimum absolute atomic E-state index is 0.0705. The number of thioether (sulfide) groups is 1. The van der Waals surface area contributed by atoms with Gasteiger partial charge >= 0.3 is 5.97 Å². The third-order valence-electron chi connectivity index (χ3n) is 3.99. The fourth-order valence-electron chi connectivity index (χ4n) is 2.70. The Bertz CT molecular complexity index is 416. The van der Waals surface area contributed by atoms with Gasteiger partial charge in [0.25, 0.3) is 11.1 Å². The molecule has 0 aromatic heterocycles. The predicted molar refractivity (Wildman–Crippen MR) is 79.9 cm³/mol. The van der Waals surface area contributed by atoms with E-state index in [0.717, 1.165) is 19.3 Å². The average Bonchev–Trinajstić information content (AvgIpc) is 2.85. The molecule has 1 saturated carbocycles. The third kappa shape index (κ3) is 4.91. The molecule has 0 spiro atoms. The molecular weight excluding hydrogens is 292 g/mol. The second kappa shape index (κ2) is 7.68. The molecule has 7 heteroatoms. The van der Waals surface area contributed by atoms with Gasteiger partial charge < -0.3 is 15.0 Å². The molecule has 6 nitrogen and oxygen atoms in total. The number of rotatable bonds is 5. The van der Waals surface area contributed by atoms with E-state index in [-0.39, 0.29) is 30.3 Å². The van der Waals surface area contributed by atoms with Crippen molar-refractivity contribution < 1.29 is 19.1 Å². The second-order valence-electron chi connectivity index (χ2n) is 5.63. The Morgan fingerprint density at radius 2 is 2.14 bits per heavy atom. The zero-order valence-electron chi connectivity index (χ0n) is 12.3. The molecular formula is C14H22N2O4S. The van der Waals surface area contributed by atoms with E-state index in [1.54, 1.807) is 0 Å². The third-order valence-corrected chi connectivity index (χ3v) is 4.88. The fraction of sp³-hybridized carbons (Fsp3) is 0.786. The topological polar surface area (TPSA) is 75.7 Å². The molecule has 1 aliphatic carbocycles. The Morgan fingerprint density at radius 3 is 2.81 bits per heavy atom. The number of ether oxygens (including phenoxy) is 1. The Hall–Kier alpha value is -1.24. The van der Waals surface area contributed by atoms with Crippen molar-refractivity contribution in [3.63, 3.8) is 0 Å². The summed E-state index contributed by atoms with van der Waals surface area (Å²) in [4.78, 5) is 36.2. The molecule has 2 aliphatic rings. The maximum Gasteiger partial charge on any atom is 0.326 e. The van der Waals surface area contributed by atoms with Crippen molar-refractivity contribution in [2.75, 3.05) is 25.4 Å². The molecule has 1 saturated heterocycles. The van der Waals surface area contributed by atoms with Crippen LogP contribution in [-0.4, -0.2) is 53.5 Å². The molecule has 1 N–H and O–H groups in total. The number of amides is 2. The van der Waals surface area contributed by atoms with Crippen LogP contribution in [0.25, 0.3) is 0 Å². The number of hydrogen-bond acceptors (Lipinski definition) is 5. The highest BCUT2D eigenvalue weighted by Crippen LogP contribution is 2.23. The molecule has 2 atom stereocenters. The van der Waals surface area contributed by atoms with Crippen molar-refractivity contribution in [1.82, 2.24) is 10.2 Å². The maximum absolute atomic E-state index is 11.8. The highest BCUT2D eigenvalue weighted by Gasteiger charge is 2.25. The van der Waals surface area contributed by atoms with E-state index in [1.165, 1.54) is 23.1 Å². The first kappa shape index (κ1) is 16.1. The quantitative estimate of drug-likeness (QED) is 0.776. The van der Waals surface area contributed by atoms with Gasteiger partial charge in [-0.05, 0) is 18.8 Å². The molecule has 1 heterocycles. The van der Waals surface area contributed by atoms with Gasteiger partial charge in [0, 0.05) is 18.3 Å².